The molecule has 1 aromatic heterocycles. The number of hydrogen-bond acceptors (Lipinski definition) is 5. The number of aliphatic hydroxyl groups is 1. The quantitative estimate of drug-likeness (QED) is 0.567. The number of aromatic nitrogens is 1. The summed E-state index contributed by atoms with van der Waals surface area (Å²) in [6.45, 7) is 4.32. The van der Waals surface area contributed by atoms with Crippen LogP contribution >= 0.6 is 0 Å². The zero-order valence-corrected chi connectivity index (χ0v) is 18.8. The highest BCUT2D eigenvalue weighted by molar-refractivity contribution is 5.95. The van der Waals surface area contributed by atoms with Gasteiger partial charge in [0, 0.05) is 37.1 Å². The fourth-order valence-corrected chi connectivity index (χ4v) is 4.25. The van der Waals surface area contributed by atoms with Gasteiger partial charge in [-0.15, -0.1) is 0 Å². The molecule has 1 saturated carbocycles. The van der Waals surface area contributed by atoms with Crippen LogP contribution in [0.1, 0.15) is 23.2 Å². The Morgan fingerprint density at radius 2 is 1.71 bits per heavy atom. The number of benzene rings is 2. The lowest BCUT2D eigenvalue weighted by Gasteiger charge is -2.35. The average Bonchev–Trinajstić information content (AvgIpc) is 3.63. The maximum atomic E-state index is 15.0. The molecule has 3 aromatic rings. The summed E-state index contributed by atoms with van der Waals surface area (Å²) in [5.41, 5.74) is -0.896. The van der Waals surface area contributed by atoms with Crippen LogP contribution in [0.3, 0.4) is 0 Å². The highest BCUT2D eigenvalue weighted by atomic mass is 19.2. The van der Waals surface area contributed by atoms with Gasteiger partial charge >= 0.3 is 0 Å². The molecule has 2 aliphatic rings. The van der Waals surface area contributed by atoms with Crippen molar-refractivity contribution in [3.05, 3.63) is 72.5 Å². The predicted molar refractivity (Wildman–Crippen MR) is 125 cm³/mol. The van der Waals surface area contributed by atoms with Crippen LogP contribution in [0.25, 0.3) is 22.2 Å². The van der Waals surface area contributed by atoms with Gasteiger partial charge in [-0.05, 0) is 49.2 Å². The van der Waals surface area contributed by atoms with Gasteiger partial charge in [0.15, 0.2) is 11.6 Å². The van der Waals surface area contributed by atoms with Gasteiger partial charge < -0.3 is 19.6 Å². The van der Waals surface area contributed by atoms with Gasteiger partial charge in [-0.2, -0.15) is 0 Å². The standard InChI is InChI=1S/C26H23F2N3O4/c1-2-35-17-4-8-20-16(15-17)3-7-21(29-20)18-5-6-19(23(28)22(18)27)24(32)30-11-13-31(14-12-30)25(33)26(34)9-10-26/h2-8,15,34H,1,9-14H2. The van der Waals surface area contributed by atoms with E-state index in [1.54, 1.807) is 30.3 Å². The summed E-state index contributed by atoms with van der Waals surface area (Å²) in [4.78, 5) is 32.5. The Morgan fingerprint density at radius 3 is 2.40 bits per heavy atom. The van der Waals surface area contributed by atoms with Crippen molar-refractivity contribution in [2.24, 2.45) is 0 Å². The van der Waals surface area contributed by atoms with E-state index in [1.807, 2.05) is 0 Å². The second-order valence-electron chi connectivity index (χ2n) is 8.74. The molecule has 180 valence electrons. The maximum Gasteiger partial charge on any atom is 0.257 e. The number of carbonyl (C=O) groups is 2. The van der Waals surface area contributed by atoms with Crippen LogP contribution in [0.15, 0.2) is 55.3 Å². The van der Waals surface area contributed by atoms with Crippen LogP contribution in [0.5, 0.6) is 5.75 Å². The molecule has 0 unspecified atom stereocenters. The molecule has 1 saturated heterocycles. The fourth-order valence-electron chi connectivity index (χ4n) is 4.25. The number of nitrogens with zero attached hydrogens (tertiary/aromatic N) is 3. The predicted octanol–water partition coefficient (Wildman–Crippen LogP) is 3.51. The highest BCUT2D eigenvalue weighted by Gasteiger charge is 2.50. The van der Waals surface area contributed by atoms with Crippen molar-refractivity contribution in [1.29, 1.82) is 0 Å². The van der Waals surface area contributed by atoms with Gasteiger partial charge in [0.2, 0.25) is 0 Å². The van der Waals surface area contributed by atoms with E-state index in [0.717, 1.165) is 5.39 Å². The van der Waals surface area contributed by atoms with E-state index < -0.39 is 23.1 Å². The number of carbonyl (C=O) groups excluding carboxylic acids is 2. The largest absolute Gasteiger partial charge is 0.466 e. The van der Waals surface area contributed by atoms with E-state index in [1.165, 1.54) is 28.2 Å². The summed E-state index contributed by atoms with van der Waals surface area (Å²) in [5, 5.41) is 10.8. The monoisotopic (exact) mass is 479 g/mol. The molecule has 2 amide bonds. The molecule has 0 bridgehead atoms. The van der Waals surface area contributed by atoms with Crippen molar-refractivity contribution < 1.29 is 28.2 Å². The van der Waals surface area contributed by atoms with Crippen LogP contribution in [0.2, 0.25) is 0 Å². The van der Waals surface area contributed by atoms with Crippen molar-refractivity contribution in [1.82, 2.24) is 14.8 Å². The Morgan fingerprint density at radius 1 is 1.00 bits per heavy atom. The van der Waals surface area contributed by atoms with E-state index in [4.69, 9.17) is 4.74 Å². The molecule has 1 aliphatic carbocycles. The second-order valence-corrected chi connectivity index (χ2v) is 8.74. The van der Waals surface area contributed by atoms with E-state index in [2.05, 4.69) is 11.6 Å². The second kappa shape index (κ2) is 8.74. The van der Waals surface area contributed by atoms with Crippen LogP contribution < -0.4 is 4.74 Å². The first-order valence-electron chi connectivity index (χ1n) is 11.3. The molecule has 0 spiro atoms. The minimum absolute atomic E-state index is 0.0551. The Labute approximate surface area is 200 Å². The minimum Gasteiger partial charge on any atom is -0.466 e. The maximum absolute atomic E-state index is 15.0. The smallest absolute Gasteiger partial charge is 0.257 e. The SMILES string of the molecule is C=COc1ccc2nc(-c3ccc(C(=O)N4CCN(C(=O)C5(O)CC5)CC4)c(F)c3F)ccc2c1. The van der Waals surface area contributed by atoms with Crippen LogP contribution in [-0.2, 0) is 4.79 Å². The van der Waals surface area contributed by atoms with Crippen LogP contribution in [0.4, 0.5) is 8.78 Å². The van der Waals surface area contributed by atoms with Gasteiger partial charge in [0.25, 0.3) is 11.8 Å². The van der Waals surface area contributed by atoms with E-state index in [0.29, 0.717) is 24.1 Å². The normalized spacial score (nSPS) is 16.8. The molecule has 2 fully saturated rings. The number of halogens is 2. The van der Waals surface area contributed by atoms with E-state index in [9.17, 15) is 14.7 Å². The number of hydrogen-bond donors (Lipinski definition) is 1. The van der Waals surface area contributed by atoms with Crippen molar-refractivity contribution in [2.45, 2.75) is 18.4 Å². The zero-order chi connectivity index (χ0) is 24.7. The van der Waals surface area contributed by atoms with Gasteiger partial charge in [-0.1, -0.05) is 12.6 Å². The molecular weight excluding hydrogens is 456 g/mol. The number of fused-ring (bicyclic) bond motifs is 1. The topological polar surface area (TPSA) is 83.0 Å². The van der Waals surface area contributed by atoms with Crippen LogP contribution in [-0.4, -0.2) is 63.5 Å². The van der Waals surface area contributed by atoms with Gasteiger partial charge in [-0.3, -0.25) is 9.59 Å². The van der Waals surface area contributed by atoms with E-state index in [-0.39, 0.29) is 48.9 Å². The van der Waals surface area contributed by atoms with Crippen molar-refractivity contribution in [3.8, 4) is 17.0 Å². The Kier molecular flexibility index (Phi) is 5.72. The van der Waals surface area contributed by atoms with Crippen molar-refractivity contribution in [3.63, 3.8) is 0 Å². The first-order chi connectivity index (χ1) is 16.8. The molecule has 2 aromatic carbocycles. The Balaban J connectivity index is 1.34. The summed E-state index contributed by atoms with van der Waals surface area (Å²) in [6.07, 6.45) is 2.19. The lowest BCUT2D eigenvalue weighted by atomic mass is 10.0. The molecule has 1 N–H and O–H groups in total. The van der Waals surface area contributed by atoms with Gasteiger partial charge in [0.1, 0.15) is 11.4 Å². The van der Waals surface area contributed by atoms with E-state index >= 15 is 8.78 Å². The highest BCUT2D eigenvalue weighted by Crippen LogP contribution is 2.37. The molecule has 7 nitrogen and oxygen atoms in total. The molecule has 5 rings (SSSR count). The molecule has 9 heteroatoms. The summed E-state index contributed by atoms with van der Waals surface area (Å²) in [6, 6.07) is 11.1. The molecular formula is C26H23F2N3O4. The Hall–Kier alpha value is -3.85. The summed E-state index contributed by atoms with van der Waals surface area (Å²) in [7, 11) is 0. The van der Waals surface area contributed by atoms with Crippen molar-refractivity contribution >= 4 is 22.7 Å². The molecule has 0 radical (unpaired) electrons. The third-order valence-electron chi connectivity index (χ3n) is 6.44. The molecule has 0 atom stereocenters. The van der Waals surface area contributed by atoms with Gasteiger partial charge in [-0.25, -0.2) is 13.8 Å². The van der Waals surface area contributed by atoms with Gasteiger partial charge in [0.05, 0.1) is 23.0 Å². The first-order valence-corrected chi connectivity index (χ1v) is 11.3. The number of piperazine rings is 1. The number of pyridine rings is 1. The number of rotatable bonds is 5. The average molecular weight is 479 g/mol. The number of amides is 2. The summed E-state index contributed by atoms with van der Waals surface area (Å²) >= 11 is 0. The third-order valence-corrected chi connectivity index (χ3v) is 6.44. The third kappa shape index (κ3) is 4.23. The first kappa shape index (κ1) is 22.9. The zero-order valence-electron chi connectivity index (χ0n) is 18.8. The Bertz CT molecular complexity index is 1350. The molecule has 35 heavy (non-hydrogen) atoms. The minimum atomic E-state index is -1.27. The lowest BCUT2D eigenvalue weighted by molar-refractivity contribution is -0.143. The summed E-state index contributed by atoms with van der Waals surface area (Å²) < 4.78 is 35.3. The van der Waals surface area contributed by atoms with Crippen LogP contribution in [0, 0.1) is 11.6 Å². The number of ether oxygens (including phenoxy) is 1. The van der Waals surface area contributed by atoms with Crippen molar-refractivity contribution in [2.75, 3.05) is 26.2 Å². The molecule has 2 heterocycles. The fraction of sp³-hybridized carbons (Fsp3) is 0.269. The summed E-state index contributed by atoms with van der Waals surface area (Å²) in [5.74, 6) is -2.80. The molecule has 1 aliphatic heterocycles. The lowest BCUT2D eigenvalue weighted by Crippen LogP contribution is -2.53.